The van der Waals surface area contributed by atoms with Crippen LogP contribution < -0.4 is 10.1 Å². The normalized spacial score (nSPS) is 16.7. The predicted octanol–water partition coefficient (Wildman–Crippen LogP) is 2.91. The zero-order valence-corrected chi connectivity index (χ0v) is 11.7. The predicted molar refractivity (Wildman–Crippen MR) is 75.2 cm³/mol. The Kier molecular flexibility index (Phi) is 3.97. The minimum Gasteiger partial charge on any atom is -0.497 e. The lowest BCUT2D eigenvalue weighted by atomic mass is 9.87. The summed E-state index contributed by atoms with van der Waals surface area (Å²) < 4.78 is 5.08. The van der Waals surface area contributed by atoms with Crippen molar-refractivity contribution < 1.29 is 19.4 Å². The number of carbonyl (C=O) groups excluding carboxylic acids is 1. The molecule has 2 rings (SSSR count). The first kappa shape index (κ1) is 14.4. The lowest BCUT2D eigenvalue weighted by Crippen LogP contribution is -2.31. The van der Waals surface area contributed by atoms with Crippen molar-refractivity contribution in [1.29, 1.82) is 0 Å². The van der Waals surface area contributed by atoms with E-state index in [1.54, 1.807) is 12.1 Å². The number of carboxylic acid groups (broad SMARTS) is 1. The summed E-state index contributed by atoms with van der Waals surface area (Å²) in [5, 5.41) is 11.9. The maximum Gasteiger partial charge on any atom is 0.337 e. The largest absolute Gasteiger partial charge is 0.497 e. The summed E-state index contributed by atoms with van der Waals surface area (Å²) in [6, 6.07) is 4.55. The number of nitrogens with one attached hydrogen (secondary N) is 1. The van der Waals surface area contributed by atoms with Crippen LogP contribution in [0.1, 0.15) is 43.0 Å². The first-order valence-electron chi connectivity index (χ1n) is 6.69. The van der Waals surface area contributed by atoms with Crippen LogP contribution in [0.3, 0.4) is 0 Å². The molecule has 0 saturated heterocycles. The van der Waals surface area contributed by atoms with E-state index in [-0.39, 0.29) is 17.2 Å². The Bertz CT molecular complexity index is 533. The minimum atomic E-state index is -1.07. The Morgan fingerprint density at radius 3 is 2.50 bits per heavy atom. The fourth-order valence-electron chi connectivity index (χ4n) is 2.60. The number of ether oxygens (including phenoxy) is 1. The van der Waals surface area contributed by atoms with Gasteiger partial charge in [0.25, 0.3) is 0 Å². The Morgan fingerprint density at radius 2 is 1.95 bits per heavy atom. The lowest BCUT2D eigenvalue weighted by molar-refractivity contribution is -0.124. The maximum atomic E-state index is 12.4. The van der Waals surface area contributed by atoms with E-state index in [1.807, 2.05) is 6.92 Å². The van der Waals surface area contributed by atoms with Gasteiger partial charge in [-0.05, 0) is 25.0 Å². The Labute approximate surface area is 117 Å². The van der Waals surface area contributed by atoms with Gasteiger partial charge in [-0.25, -0.2) is 4.79 Å². The zero-order valence-electron chi connectivity index (χ0n) is 11.7. The van der Waals surface area contributed by atoms with Gasteiger partial charge >= 0.3 is 5.97 Å². The van der Waals surface area contributed by atoms with Crippen molar-refractivity contribution in [3.05, 3.63) is 23.8 Å². The lowest BCUT2D eigenvalue weighted by Gasteiger charge is -2.23. The molecule has 1 aromatic rings. The molecule has 20 heavy (non-hydrogen) atoms. The first-order chi connectivity index (χ1) is 9.46. The molecule has 2 N–H and O–H groups in total. The average molecular weight is 277 g/mol. The molecule has 1 aromatic carbocycles. The van der Waals surface area contributed by atoms with Crippen LogP contribution in [0.4, 0.5) is 5.69 Å². The van der Waals surface area contributed by atoms with Crippen LogP contribution in [0.15, 0.2) is 18.2 Å². The zero-order chi connectivity index (χ0) is 14.8. The summed E-state index contributed by atoms with van der Waals surface area (Å²) in [7, 11) is 1.50. The summed E-state index contributed by atoms with van der Waals surface area (Å²) in [6.45, 7) is 1.93. The number of hydrogen-bond donors (Lipinski definition) is 2. The molecule has 108 valence electrons. The molecule has 1 amide bonds. The summed E-state index contributed by atoms with van der Waals surface area (Å²) in [6.07, 6.45) is 3.75. The second-order valence-electron chi connectivity index (χ2n) is 5.44. The number of rotatable bonds is 4. The molecule has 1 fully saturated rings. The number of carbonyl (C=O) groups is 2. The molecule has 0 aromatic heterocycles. The quantitative estimate of drug-likeness (QED) is 0.887. The first-order valence-corrected chi connectivity index (χ1v) is 6.69. The molecule has 0 aliphatic heterocycles. The molecule has 0 spiro atoms. The van der Waals surface area contributed by atoms with Gasteiger partial charge in [0, 0.05) is 11.5 Å². The molecular weight excluding hydrogens is 258 g/mol. The Hall–Kier alpha value is -2.04. The number of amides is 1. The summed E-state index contributed by atoms with van der Waals surface area (Å²) in [4.78, 5) is 23.6. The molecule has 0 heterocycles. The number of benzene rings is 1. The van der Waals surface area contributed by atoms with Crippen LogP contribution in [-0.2, 0) is 4.79 Å². The molecular formula is C15H19NO4. The molecule has 1 saturated carbocycles. The number of hydrogen-bond acceptors (Lipinski definition) is 3. The van der Waals surface area contributed by atoms with Crippen molar-refractivity contribution in [1.82, 2.24) is 0 Å². The highest BCUT2D eigenvalue weighted by molar-refractivity contribution is 6.02. The molecule has 1 aliphatic carbocycles. The van der Waals surface area contributed by atoms with Gasteiger partial charge < -0.3 is 15.2 Å². The smallest absolute Gasteiger partial charge is 0.337 e. The number of aromatic carboxylic acids is 1. The highest BCUT2D eigenvalue weighted by atomic mass is 16.5. The van der Waals surface area contributed by atoms with E-state index in [2.05, 4.69) is 5.32 Å². The van der Waals surface area contributed by atoms with Crippen molar-refractivity contribution in [2.45, 2.75) is 32.6 Å². The monoisotopic (exact) mass is 277 g/mol. The van der Waals surface area contributed by atoms with Gasteiger partial charge in [0.1, 0.15) is 5.75 Å². The van der Waals surface area contributed by atoms with Gasteiger partial charge in [0.05, 0.1) is 18.4 Å². The minimum absolute atomic E-state index is 0.0701. The molecule has 0 radical (unpaired) electrons. The van der Waals surface area contributed by atoms with Crippen LogP contribution in [-0.4, -0.2) is 24.1 Å². The van der Waals surface area contributed by atoms with Gasteiger partial charge in [-0.15, -0.1) is 0 Å². The van der Waals surface area contributed by atoms with Crippen LogP contribution in [0.5, 0.6) is 5.75 Å². The van der Waals surface area contributed by atoms with Crippen molar-refractivity contribution in [2.75, 3.05) is 12.4 Å². The molecule has 0 unspecified atom stereocenters. The molecule has 5 heteroatoms. The standard InChI is InChI=1S/C15H19NO4/c1-15(7-3-4-8-15)14(19)16-12-9-10(20-2)5-6-11(12)13(17)18/h5-6,9H,3-4,7-8H2,1-2H3,(H,16,19)(H,17,18). The Balaban J connectivity index is 2.27. The van der Waals surface area contributed by atoms with Gasteiger partial charge in [-0.2, -0.15) is 0 Å². The van der Waals surface area contributed by atoms with Gasteiger partial charge in [0.15, 0.2) is 0 Å². The summed E-state index contributed by atoms with van der Waals surface area (Å²) >= 11 is 0. The summed E-state index contributed by atoms with van der Waals surface area (Å²) in [5.41, 5.74) is -0.0468. The van der Waals surface area contributed by atoms with Gasteiger partial charge in [-0.1, -0.05) is 19.8 Å². The van der Waals surface area contributed by atoms with E-state index in [4.69, 9.17) is 4.74 Å². The maximum absolute atomic E-state index is 12.4. The fourth-order valence-corrected chi connectivity index (χ4v) is 2.60. The Morgan fingerprint density at radius 1 is 1.30 bits per heavy atom. The van der Waals surface area contributed by atoms with E-state index < -0.39 is 11.4 Å². The van der Waals surface area contributed by atoms with E-state index in [0.717, 1.165) is 25.7 Å². The van der Waals surface area contributed by atoms with Crippen molar-refractivity contribution in [2.24, 2.45) is 5.41 Å². The molecule has 5 nitrogen and oxygen atoms in total. The third kappa shape index (κ3) is 2.76. The van der Waals surface area contributed by atoms with Crippen molar-refractivity contribution in [3.63, 3.8) is 0 Å². The van der Waals surface area contributed by atoms with E-state index in [1.165, 1.54) is 13.2 Å². The second kappa shape index (κ2) is 5.53. The third-order valence-corrected chi connectivity index (χ3v) is 3.96. The van der Waals surface area contributed by atoms with Crippen molar-refractivity contribution >= 4 is 17.6 Å². The van der Waals surface area contributed by atoms with Crippen LogP contribution >= 0.6 is 0 Å². The van der Waals surface area contributed by atoms with E-state index >= 15 is 0 Å². The molecule has 1 aliphatic rings. The van der Waals surface area contributed by atoms with Crippen LogP contribution in [0, 0.1) is 5.41 Å². The number of methoxy groups -OCH3 is 1. The number of anilines is 1. The highest BCUT2D eigenvalue weighted by Crippen LogP contribution is 2.38. The molecule has 0 atom stereocenters. The summed E-state index contributed by atoms with van der Waals surface area (Å²) in [5.74, 6) is -0.674. The van der Waals surface area contributed by atoms with E-state index in [9.17, 15) is 14.7 Å². The van der Waals surface area contributed by atoms with E-state index in [0.29, 0.717) is 5.75 Å². The number of carboxylic acids is 1. The van der Waals surface area contributed by atoms with Gasteiger partial charge in [-0.3, -0.25) is 4.79 Å². The van der Waals surface area contributed by atoms with Crippen LogP contribution in [0.25, 0.3) is 0 Å². The molecule has 0 bridgehead atoms. The average Bonchev–Trinajstić information content (AvgIpc) is 2.86. The second-order valence-corrected chi connectivity index (χ2v) is 5.44. The van der Waals surface area contributed by atoms with Crippen LogP contribution in [0.2, 0.25) is 0 Å². The topological polar surface area (TPSA) is 75.6 Å². The van der Waals surface area contributed by atoms with Crippen molar-refractivity contribution in [3.8, 4) is 5.75 Å². The fraction of sp³-hybridized carbons (Fsp3) is 0.467. The SMILES string of the molecule is COc1ccc(C(=O)O)c(NC(=O)C2(C)CCCC2)c1. The van der Waals surface area contributed by atoms with Gasteiger partial charge in [0.2, 0.25) is 5.91 Å². The highest BCUT2D eigenvalue weighted by Gasteiger charge is 2.36. The third-order valence-electron chi connectivity index (χ3n) is 3.96.